The molecule has 0 spiro atoms. The number of carbonyl (C=O) groups is 2. The molecule has 0 bridgehead atoms. The Kier molecular flexibility index (Phi) is 28.7. The van der Waals surface area contributed by atoms with Crippen molar-refractivity contribution < 1.29 is 23.8 Å². The lowest BCUT2D eigenvalue weighted by atomic mass is 10.0. The first-order valence-electron chi connectivity index (χ1n) is 36.1. The predicted octanol–water partition coefficient (Wildman–Crippen LogP) is 6.11. The number of hydrogen-bond donors (Lipinski definition) is 8. The molecule has 0 saturated carbocycles. The van der Waals surface area contributed by atoms with Crippen LogP contribution in [0.4, 0.5) is 0 Å². The molecule has 1 saturated heterocycles. The Hall–Kier alpha value is -17.0. The van der Waals surface area contributed by atoms with Crippen LogP contribution in [0.5, 0.6) is 11.5 Å². The average molecular weight is 1600 g/mol. The Morgan fingerprint density at radius 3 is 1.27 bits per heavy atom. The van der Waals surface area contributed by atoms with E-state index in [1.54, 1.807) is 102 Å². The number of carbonyl (C=O) groups excluding carboxylic acids is 2. The number of nitrogens with one attached hydrogen (secondary N) is 8. The fourth-order valence-corrected chi connectivity index (χ4v) is 11.7. The van der Waals surface area contributed by atoms with E-state index in [0.29, 0.717) is 137 Å². The highest BCUT2D eigenvalue weighted by Crippen LogP contribution is 2.34. The molecule has 15 rings (SSSR count). The number of aromatic amines is 7. The van der Waals surface area contributed by atoms with Gasteiger partial charge in [0, 0.05) is 108 Å². The van der Waals surface area contributed by atoms with Crippen LogP contribution in [-0.4, -0.2) is 142 Å². The largest absolute Gasteiger partial charge is 0.490 e. The number of H-pyrrole nitrogens is 7. The van der Waals surface area contributed by atoms with Gasteiger partial charge in [0.25, 0.3) is 50.7 Å². The van der Waals surface area contributed by atoms with Crippen molar-refractivity contribution >= 4 is 22.8 Å². The van der Waals surface area contributed by atoms with E-state index >= 15 is 0 Å². The normalized spacial score (nSPS) is 11.5. The molecule has 0 radical (unpaired) electrons. The van der Waals surface area contributed by atoms with Crippen molar-refractivity contribution in [3.8, 4) is 115 Å². The van der Waals surface area contributed by atoms with Crippen molar-refractivity contribution in [1.29, 1.82) is 31.6 Å². The van der Waals surface area contributed by atoms with Gasteiger partial charge >= 0.3 is 0 Å². The first-order chi connectivity index (χ1) is 57.6. The van der Waals surface area contributed by atoms with Crippen molar-refractivity contribution in [3.05, 3.63) is 293 Å². The number of rotatable bonds is 12. The van der Waals surface area contributed by atoms with Gasteiger partial charge < -0.3 is 68.4 Å². The van der Waals surface area contributed by atoms with Crippen LogP contribution < -0.4 is 59.3 Å². The number of aromatic nitrogens is 16. The van der Waals surface area contributed by atoms with E-state index in [4.69, 9.17) is 45.8 Å². The second-order valence-corrected chi connectivity index (χ2v) is 25.5. The number of pyridine rings is 2. The van der Waals surface area contributed by atoms with Crippen LogP contribution in [0.1, 0.15) is 88.2 Å². The molecule has 8 N–H and O–H groups in total. The van der Waals surface area contributed by atoms with Gasteiger partial charge in [0.15, 0.2) is 11.5 Å². The average Bonchev–Trinajstić information content (AvgIpc) is 1.78. The molecule has 0 atom stereocenters. The summed E-state index contributed by atoms with van der Waals surface area (Å²) in [5.41, 5.74) is 4.51. The highest BCUT2D eigenvalue weighted by Gasteiger charge is 2.22. The molecule has 2 aliphatic rings. The third-order valence-corrected chi connectivity index (χ3v) is 17.4. The van der Waals surface area contributed by atoms with Gasteiger partial charge in [-0.3, -0.25) is 47.9 Å². The highest BCUT2D eigenvalue weighted by atomic mass is 16.5. The molecule has 37 nitrogen and oxygen atoms in total. The first-order valence-corrected chi connectivity index (χ1v) is 36.1. The molecular weight excluding hydrogens is 1530 g/mol. The van der Waals surface area contributed by atoms with Gasteiger partial charge in [-0.1, -0.05) is 44.2 Å². The van der Waals surface area contributed by atoms with Crippen molar-refractivity contribution in [2.45, 2.75) is 47.2 Å². The second kappa shape index (κ2) is 40.4. The molecule has 0 aliphatic carbocycles. The van der Waals surface area contributed by atoms with Crippen LogP contribution in [0, 0.1) is 73.9 Å². The van der Waals surface area contributed by atoms with Crippen molar-refractivity contribution in [1.82, 2.24) is 89.1 Å². The molecule has 119 heavy (non-hydrogen) atoms. The maximum Gasteiger partial charge on any atom is 0.269 e. The molecule has 2 amide bonds. The van der Waals surface area contributed by atoms with Crippen LogP contribution in [0.3, 0.4) is 0 Å². The van der Waals surface area contributed by atoms with E-state index in [-0.39, 0.29) is 67.7 Å². The number of nitriles is 6. The summed E-state index contributed by atoms with van der Waals surface area (Å²) in [4.78, 5) is 163. The number of benzene rings is 4. The Balaban J connectivity index is 0.000000151. The van der Waals surface area contributed by atoms with Crippen molar-refractivity contribution in [2.24, 2.45) is 5.92 Å². The van der Waals surface area contributed by atoms with Gasteiger partial charge in [-0.25, -0.2) is 34.9 Å². The first kappa shape index (κ1) is 84.4. The number of fused-ring (bicyclic) bond motifs is 2. The smallest absolute Gasteiger partial charge is 0.269 e. The number of aryl methyl sites for hydroxylation is 1. The maximum absolute atomic E-state index is 12.4. The summed E-state index contributed by atoms with van der Waals surface area (Å²) in [6.45, 7) is 13.4. The lowest BCUT2D eigenvalue weighted by molar-refractivity contribution is 0.0303. The third kappa shape index (κ3) is 20.8. The van der Waals surface area contributed by atoms with E-state index in [2.05, 4.69) is 93.5 Å². The van der Waals surface area contributed by atoms with Crippen molar-refractivity contribution in [3.63, 3.8) is 0 Å². The molecule has 2 aliphatic heterocycles. The van der Waals surface area contributed by atoms with Crippen LogP contribution in [0.2, 0.25) is 0 Å². The van der Waals surface area contributed by atoms with Crippen LogP contribution in [0.25, 0.3) is 78.6 Å². The number of amides is 2. The van der Waals surface area contributed by atoms with E-state index in [1.807, 2.05) is 62.7 Å². The third-order valence-electron chi connectivity index (χ3n) is 17.4. The fraction of sp³-hybridized carbons (Fsp3) is 0.183. The molecule has 11 heterocycles. The fourth-order valence-electron chi connectivity index (χ4n) is 11.7. The summed E-state index contributed by atoms with van der Waals surface area (Å²) in [6.07, 6.45) is 13.2. The number of ether oxygens (including phenoxy) is 3. The highest BCUT2D eigenvalue weighted by molar-refractivity contribution is 5.95. The quantitative estimate of drug-likeness (QED) is 0.0683. The zero-order chi connectivity index (χ0) is 85.1. The summed E-state index contributed by atoms with van der Waals surface area (Å²) in [7, 11) is 0. The van der Waals surface area contributed by atoms with Gasteiger partial charge in [-0.05, 0) is 86.5 Å². The number of hydrogen-bond acceptors (Lipinski definition) is 26. The monoisotopic (exact) mass is 1600 g/mol. The van der Waals surface area contributed by atoms with Gasteiger partial charge in [-0.2, -0.15) is 31.6 Å². The summed E-state index contributed by atoms with van der Waals surface area (Å²) < 4.78 is 20.0. The Morgan fingerprint density at radius 1 is 0.445 bits per heavy atom. The minimum Gasteiger partial charge on any atom is -0.490 e. The maximum atomic E-state index is 12.4. The van der Waals surface area contributed by atoms with E-state index in [9.17, 15) is 47.9 Å². The van der Waals surface area contributed by atoms with Crippen LogP contribution in [-0.2, 0) is 17.8 Å². The van der Waals surface area contributed by atoms with E-state index in [1.165, 1.54) is 60.9 Å². The summed E-state index contributed by atoms with van der Waals surface area (Å²) in [6, 6.07) is 41.2. The molecule has 594 valence electrons. The van der Waals surface area contributed by atoms with E-state index < -0.39 is 33.4 Å². The van der Waals surface area contributed by atoms with Crippen LogP contribution in [0.15, 0.2) is 204 Å². The van der Waals surface area contributed by atoms with Gasteiger partial charge in [0.2, 0.25) is 5.56 Å². The Morgan fingerprint density at radius 2 is 0.849 bits per heavy atom. The topological polar surface area (TPSA) is 567 Å². The lowest BCUT2D eigenvalue weighted by Crippen LogP contribution is -2.40. The zero-order valence-electron chi connectivity index (χ0n) is 63.7. The Labute approximate surface area is 672 Å². The van der Waals surface area contributed by atoms with E-state index in [0.717, 1.165) is 24.0 Å². The molecule has 0 unspecified atom stereocenters. The van der Waals surface area contributed by atoms with Gasteiger partial charge in [0.05, 0.1) is 116 Å². The second-order valence-electron chi connectivity index (χ2n) is 25.5. The predicted molar refractivity (Wildman–Crippen MR) is 429 cm³/mol. The number of imidazole rings is 1. The number of nitrogens with zero attached hydrogens (tertiary/aromatic N) is 16. The molecular formula is C82H68N24O13. The molecule has 37 heteroatoms. The molecule has 13 aromatic rings. The molecule has 1 fully saturated rings. The van der Waals surface area contributed by atoms with Crippen molar-refractivity contribution in [2.75, 3.05) is 46.1 Å². The lowest BCUT2D eigenvalue weighted by Gasteiger charge is -2.26. The van der Waals surface area contributed by atoms with Gasteiger partial charge in [0.1, 0.15) is 69.8 Å². The standard InChI is InChI=1S/C16H15N5O.C16H14N4O3.C14H12N4O2.C14H11N3O3.C12H10N4O2.C10H6N4O2/c1-10(2)7-21-9-20-13-5-11(3-4-14(13)21)15-12(6-17)16(22)19-8-18-15;17-9-13-14(18-10-19-15(13)21)11-1-3-12(4-2-11)16(22)20-5-7-23-8-6-20;1-2-16-13(19)10-5-3-9(4-6-10)12-11(7-15)14(20)18-8-17-12;15-7-10-13(16-8-17-14(10)18)9-2-3-11-12(6-9)20-5-1-4-19-11;1-2-16-4-3-8(5-10(16)17)11-9(6-13)12(18)15-7-14-11;11-4-7-9(13-5-14-10(7)16)6-1-2-12-8(15)3-6/h3-5,8-10H,7H2,1-2H3,(H,18,19,22);1-4,10H,5-8H2,(H,18,19,21);3-6,8H,2H2,1H3,(H,16,19)(H,17,18,20);2-3,6,8H,1,4-5H2,(H,16,17,18);3-5,7H,2H2,1H3,(H,14,15,18);1-3,5H,(H,12,15)(H,13,14,16). The molecule has 4 aromatic carbocycles. The van der Waals surface area contributed by atoms with Gasteiger partial charge in [-0.15, -0.1) is 0 Å². The van der Waals surface area contributed by atoms with Crippen LogP contribution >= 0.6 is 0 Å². The molecule has 9 aromatic heterocycles. The SMILES string of the molecule is CC(C)Cn1cnc2cc(-c3nc[nH]c(=O)c3C#N)ccc21.CCNC(=O)c1ccc(-c2nc[nH]c(=O)c2C#N)cc1.CCn1ccc(-c2nc[nH]c(=O)c2C#N)cc1=O.N#Cc1c(-c2cc[nH]c(=O)c2)nc[nH]c1=O.N#Cc1c(-c2ccc(C(=O)N3CCOCC3)cc2)nc[nH]c1=O.N#Cc1c(-c2ccc3c(c2)OCCCO3)nc[nH]c1=O. The Bertz CT molecular complexity index is 6710. The summed E-state index contributed by atoms with van der Waals surface area (Å²) in [5, 5.41) is 56.8. The minimum atomic E-state index is -0.521. The summed E-state index contributed by atoms with van der Waals surface area (Å²) in [5.74, 6) is 1.56. The number of morpholine rings is 1. The zero-order valence-corrected chi connectivity index (χ0v) is 63.7. The summed E-state index contributed by atoms with van der Waals surface area (Å²) >= 11 is 0. The minimum absolute atomic E-state index is 0.0120.